The molecular weight excluding hydrogens is 290 g/mol. The molecule has 0 aliphatic carbocycles. The number of aryl methyl sites for hydroxylation is 2. The molecule has 23 heavy (non-hydrogen) atoms. The molecule has 7 heteroatoms. The second-order valence-corrected chi connectivity index (χ2v) is 5.88. The fourth-order valence-corrected chi connectivity index (χ4v) is 2.97. The van der Waals surface area contributed by atoms with Gasteiger partial charge in [0.1, 0.15) is 24.3 Å². The molecule has 7 nitrogen and oxygen atoms in total. The first-order valence-electron chi connectivity index (χ1n) is 7.85. The highest BCUT2D eigenvalue weighted by Gasteiger charge is 2.20. The lowest BCUT2D eigenvalue weighted by Crippen LogP contribution is -2.37. The monoisotopic (exact) mass is 309 g/mol. The summed E-state index contributed by atoms with van der Waals surface area (Å²) in [5, 5.41) is 12.2. The van der Waals surface area contributed by atoms with Crippen molar-refractivity contribution in [2.24, 2.45) is 0 Å². The first-order chi connectivity index (χ1) is 11.3. The van der Waals surface area contributed by atoms with Crippen LogP contribution in [0.5, 0.6) is 0 Å². The van der Waals surface area contributed by atoms with Gasteiger partial charge in [0, 0.05) is 19.0 Å². The van der Waals surface area contributed by atoms with Gasteiger partial charge in [-0.05, 0) is 31.0 Å². The maximum atomic E-state index is 4.45. The molecule has 118 valence electrons. The fourth-order valence-electron chi connectivity index (χ4n) is 2.97. The van der Waals surface area contributed by atoms with Crippen LogP contribution in [-0.4, -0.2) is 35.6 Å². The molecule has 0 spiro atoms. The quantitative estimate of drug-likeness (QED) is 0.786. The van der Waals surface area contributed by atoms with E-state index in [0.717, 1.165) is 43.3 Å². The molecule has 2 aromatic heterocycles. The van der Waals surface area contributed by atoms with Crippen LogP contribution in [0.3, 0.4) is 0 Å². The molecule has 0 saturated carbocycles. The summed E-state index contributed by atoms with van der Waals surface area (Å²) in [4.78, 5) is 8.41. The average Bonchev–Trinajstić information content (AvgIpc) is 3.21. The SMILES string of the molecule is Cc1nc2n(n1)C[C@@H](NCc1ccc(-n3cncn3)cc1)CC2. The van der Waals surface area contributed by atoms with Crippen LogP contribution in [0.1, 0.15) is 23.6 Å². The number of hydrogen-bond acceptors (Lipinski definition) is 5. The molecule has 1 N–H and O–H groups in total. The molecule has 0 saturated heterocycles. The Hall–Kier alpha value is -2.54. The molecule has 3 aromatic rings. The molecule has 0 bridgehead atoms. The summed E-state index contributed by atoms with van der Waals surface area (Å²) in [6, 6.07) is 8.81. The number of rotatable bonds is 4. The third kappa shape index (κ3) is 3.00. The van der Waals surface area contributed by atoms with Crippen LogP contribution in [0.25, 0.3) is 5.69 Å². The molecule has 0 unspecified atom stereocenters. The van der Waals surface area contributed by atoms with Crippen molar-refractivity contribution in [3.63, 3.8) is 0 Å². The molecule has 0 radical (unpaired) electrons. The van der Waals surface area contributed by atoms with Gasteiger partial charge >= 0.3 is 0 Å². The number of nitrogens with one attached hydrogen (secondary N) is 1. The highest BCUT2D eigenvalue weighted by molar-refractivity contribution is 5.33. The molecule has 0 fully saturated rings. The summed E-state index contributed by atoms with van der Waals surface area (Å²) in [7, 11) is 0. The Morgan fingerprint density at radius 2 is 2.13 bits per heavy atom. The van der Waals surface area contributed by atoms with Crippen molar-refractivity contribution in [2.45, 2.75) is 38.9 Å². The minimum absolute atomic E-state index is 0.443. The molecule has 0 amide bonds. The Morgan fingerprint density at radius 1 is 1.26 bits per heavy atom. The number of nitrogens with zero attached hydrogens (tertiary/aromatic N) is 6. The third-order valence-electron chi connectivity index (χ3n) is 4.18. The minimum Gasteiger partial charge on any atom is -0.308 e. The number of fused-ring (bicyclic) bond motifs is 1. The summed E-state index contributed by atoms with van der Waals surface area (Å²) in [5.41, 5.74) is 2.28. The fraction of sp³-hybridized carbons (Fsp3) is 0.375. The van der Waals surface area contributed by atoms with Gasteiger partial charge in [-0.25, -0.2) is 19.3 Å². The van der Waals surface area contributed by atoms with Gasteiger partial charge in [0.25, 0.3) is 0 Å². The van der Waals surface area contributed by atoms with Gasteiger partial charge in [-0.1, -0.05) is 12.1 Å². The Kier molecular flexibility index (Phi) is 3.63. The van der Waals surface area contributed by atoms with Crippen molar-refractivity contribution < 1.29 is 0 Å². The Balaban J connectivity index is 1.36. The van der Waals surface area contributed by atoms with Crippen molar-refractivity contribution in [2.75, 3.05) is 0 Å². The molecule has 1 aromatic carbocycles. The van der Waals surface area contributed by atoms with E-state index in [9.17, 15) is 0 Å². The van der Waals surface area contributed by atoms with E-state index in [1.165, 1.54) is 5.56 Å². The van der Waals surface area contributed by atoms with Crippen LogP contribution in [0.2, 0.25) is 0 Å². The van der Waals surface area contributed by atoms with E-state index in [2.05, 4.69) is 49.7 Å². The lowest BCUT2D eigenvalue weighted by atomic mass is 10.1. The standard InChI is InChI=1S/C16H19N7/c1-12-20-16-7-4-14(9-22(16)21-12)18-8-13-2-5-15(6-3-13)23-11-17-10-19-23/h2-3,5-6,10-11,14,18H,4,7-9H2,1H3/t14-/m0/s1. The summed E-state index contributed by atoms with van der Waals surface area (Å²) >= 11 is 0. The van der Waals surface area contributed by atoms with E-state index in [-0.39, 0.29) is 0 Å². The van der Waals surface area contributed by atoms with Crippen LogP contribution < -0.4 is 5.32 Å². The summed E-state index contributed by atoms with van der Waals surface area (Å²) < 4.78 is 3.79. The van der Waals surface area contributed by atoms with E-state index in [4.69, 9.17) is 0 Å². The second kappa shape index (κ2) is 5.92. The number of benzene rings is 1. The van der Waals surface area contributed by atoms with Crippen molar-refractivity contribution in [1.82, 2.24) is 34.8 Å². The van der Waals surface area contributed by atoms with Gasteiger partial charge in [-0.3, -0.25) is 0 Å². The second-order valence-electron chi connectivity index (χ2n) is 5.88. The predicted octanol–water partition coefficient (Wildman–Crippen LogP) is 1.27. The van der Waals surface area contributed by atoms with Gasteiger partial charge in [0.15, 0.2) is 0 Å². The van der Waals surface area contributed by atoms with Gasteiger partial charge in [0.05, 0.1) is 12.2 Å². The largest absolute Gasteiger partial charge is 0.308 e. The van der Waals surface area contributed by atoms with Gasteiger partial charge in [-0.15, -0.1) is 0 Å². The molecule has 4 rings (SSSR count). The first kappa shape index (κ1) is 14.1. The third-order valence-corrected chi connectivity index (χ3v) is 4.18. The van der Waals surface area contributed by atoms with E-state index < -0.39 is 0 Å². The van der Waals surface area contributed by atoms with Crippen molar-refractivity contribution in [1.29, 1.82) is 0 Å². The molecule has 1 atom stereocenters. The summed E-state index contributed by atoms with van der Waals surface area (Å²) in [6.07, 6.45) is 5.34. The Labute approximate surface area is 134 Å². The Morgan fingerprint density at radius 3 is 2.91 bits per heavy atom. The normalized spacial score (nSPS) is 17.2. The zero-order valence-corrected chi connectivity index (χ0v) is 13.1. The molecule has 1 aliphatic heterocycles. The summed E-state index contributed by atoms with van der Waals surface area (Å²) in [5.74, 6) is 1.97. The maximum Gasteiger partial charge on any atom is 0.147 e. The van der Waals surface area contributed by atoms with Crippen molar-refractivity contribution in [3.8, 4) is 5.69 Å². The van der Waals surface area contributed by atoms with Crippen LogP contribution >= 0.6 is 0 Å². The lowest BCUT2D eigenvalue weighted by molar-refractivity contribution is 0.357. The van der Waals surface area contributed by atoms with Crippen LogP contribution in [0.15, 0.2) is 36.9 Å². The van der Waals surface area contributed by atoms with E-state index >= 15 is 0 Å². The van der Waals surface area contributed by atoms with Crippen LogP contribution in [0, 0.1) is 6.92 Å². The maximum absolute atomic E-state index is 4.45. The van der Waals surface area contributed by atoms with E-state index in [0.29, 0.717) is 6.04 Å². The van der Waals surface area contributed by atoms with E-state index in [1.807, 2.05) is 11.6 Å². The van der Waals surface area contributed by atoms with Gasteiger partial charge < -0.3 is 5.32 Å². The predicted molar refractivity (Wildman–Crippen MR) is 85.1 cm³/mol. The highest BCUT2D eigenvalue weighted by atomic mass is 15.4. The van der Waals surface area contributed by atoms with Gasteiger partial charge in [-0.2, -0.15) is 10.2 Å². The minimum atomic E-state index is 0.443. The smallest absolute Gasteiger partial charge is 0.147 e. The molecule has 3 heterocycles. The van der Waals surface area contributed by atoms with Crippen LogP contribution in [-0.2, 0) is 19.5 Å². The topological polar surface area (TPSA) is 73.5 Å². The van der Waals surface area contributed by atoms with Crippen molar-refractivity contribution in [3.05, 3.63) is 54.1 Å². The van der Waals surface area contributed by atoms with Gasteiger partial charge in [0.2, 0.25) is 0 Å². The average molecular weight is 309 g/mol. The molecule has 1 aliphatic rings. The zero-order valence-electron chi connectivity index (χ0n) is 13.1. The van der Waals surface area contributed by atoms with Crippen molar-refractivity contribution >= 4 is 0 Å². The summed E-state index contributed by atoms with van der Waals surface area (Å²) in [6.45, 7) is 3.70. The molecular formula is C16H19N7. The zero-order chi connectivity index (χ0) is 15.6. The number of aromatic nitrogens is 6. The lowest BCUT2D eigenvalue weighted by Gasteiger charge is -2.23. The number of hydrogen-bond donors (Lipinski definition) is 1. The van der Waals surface area contributed by atoms with E-state index in [1.54, 1.807) is 17.3 Å². The highest BCUT2D eigenvalue weighted by Crippen LogP contribution is 2.14. The first-order valence-corrected chi connectivity index (χ1v) is 7.85. The Bertz CT molecular complexity index is 773. The van der Waals surface area contributed by atoms with Crippen LogP contribution in [0.4, 0.5) is 0 Å².